The number of hydrogen-bond acceptors (Lipinski definition) is 4. The van der Waals surface area contributed by atoms with Gasteiger partial charge < -0.3 is 19.7 Å². The highest BCUT2D eigenvalue weighted by atomic mass is 35.5. The van der Waals surface area contributed by atoms with Crippen LogP contribution in [0.1, 0.15) is 12.8 Å². The Hall–Kier alpha value is -1.66. The summed E-state index contributed by atoms with van der Waals surface area (Å²) in [4.78, 5) is 14.4. The Kier molecular flexibility index (Phi) is 8.94. The van der Waals surface area contributed by atoms with Crippen LogP contribution in [0.4, 0.5) is 0 Å². The summed E-state index contributed by atoms with van der Waals surface area (Å²) >= 11 is 17.7. The lowest BCUT2D eigenvalue weighted by Crippen LogP contribution is -2.34. The van der Waals surface area contributed by atoms with Crippen LogP contribution in [0.25, 0.3) is 0 Å². The topological polar surface area (TPSA) is 50.8 Å². The van der Waals surface area contributed by atoms with Crippen molar-refractivity contribution in [1.82, 2.24) is 10.2 Å². The van der Waals surface area contributed by atoms with Gasteiger partial charge >= 0.3 is 0 Å². The molecule has 1 N–H and O–H groups in total. The molecule has 0 aliphatic carbocycles. The molecule has 8 heteroatoms. The Morgan fingerprint density at radius 2 is 1.80 bits per heavy atom. The highest BCUT2D eigenvalue weighted by Crippen LogP contribution is 2.26. The van der Waals surface area contributed by atoms with Crippen LogP contribution < -0.4 is 14.8 Å². The molecule has 30 heavy (non-hydrogen) atoms. The van der Waals surface area contributed by atoms with E-state index in [1.165, 1.54) is 0 Å². The van der Waals surface area contributed by atoms with Gasteiger partial charge in [0.15, 0.2) is 6.61 Å². The monoisotopic (exact) mass is 470 g/mol. The molecule has 3 rings (SSSR count). The zero-order valence-corrected chi connectivity index (χ0v) is 18.8. The van der Waals surface area contributed by atoms with Crippen LogP contribution in [0, 0.1) is 5.92 Å². The molecule has 0 bridgehead atoms. The molecule has 5 nitrogen and oxygen atoms in total. The fourth-order valence-electron chi connectivity index (χ4n) is 3.32. The Morgan fingerprint density at radius 3 is 2.57 bits per heavy atom. The normalized spacial score (nSPS) is 16.4. The number of carbonyl (C=O) groups is 1. The lowest BCUT2D eigenvalue weighted by atomic mass is 10.1. The SMILES string of the molecule is O=C(COc1ccc(Cl)cc1)NCC1CCN(CCCOc2ccc(Cl)c(Cl)c2)C1. The molecule has 2 aromatic rings. The van der Waals surface area contributed by atoms with Crippen LogP contribution in [-0.2, 0) is 4.79 Å². The molecular formula is C22H25Cl3N2O3. The van der Waals surface area contributed by atoms with Crippen LogP contribution in [0.15, 0.2) is 42.5 Å². The van der Waals surface area contributed by atoms with Crippen molar-refractivity contribution in [2.24, 2.45) is 5.92 Å². The molecule has 1 heterocycles. The predicted molar refractivity (Wildman–Crippen MR) is 121 cm³/mol. The number of amides is 1. The summed E-state index contributed by atoms with van der Waals surface area (Å²) in [6.45, 7) is 4.27. The summed E-state index contributed by atoms with van der Waals surface area (Å²) in [5.74, 6) is 1.70. The molecule has 1 amide bonds. The second kappa shape index (κ2) is 11.7. The molecule has 0 saturated carbocycles. The van der Waals surface area contributed by atoms with E-state index in [4.69, 9.17) is 44.3 Å². The van der Waals surface area contributed by atoms with Gasteiger partial charge in [-0.15, -0.1) is 0 Å². The minimum atomic E-state index is -0.113. The summed E-state index contributed by atoms with van der Waals surface area (Å²) in [6.07, 6.45) is 2.00. The van der Waals surface area contributed by atoms with Gasteiger partial charge in [-0.3, -0.25) is 4.79 Å². The number of rotatable bonds is 10. The molecule has 0 radical (unpaired) electrons. The van der Waals surface area contributed by atoms with Gasteiger partial charge in [-0.1, -0.05) is 34.8 Å². The number of hydrogen-bond donors (Lipinski definition) is 1. The first-order valence-electron chi connectivity index (χ1n) is 9.95. The lowest BCUT2D eigenvalue weighted by Gasteiger charge is -2.16. The first-order chi connectivity index (χ1) is 14.5. The average Bonchev–Trinajstić information content (AvgIpc) is 3.19. The van der Waals surface area contributed by atoms with Gasteiger partial charge in [-0.25, -0.2) is 0 Å². The fourth-order valence-corrected chi connectivity index (χ4v) is 3.73. The van der Waals surface area contributed by atoms with Crippen molar-refractivity contribution in [3.8, 4) is 11.5 Å². The number of nitrogens with zero attached hydrogens (tertiary/aromatic N) is 1. The van der Waals surface area contributed by atoms with Gasteiger partial charge in [0.25, 0.3) is 5.91 Å². The first-order valence-corrected chi connectivity index (χ1v) is 11.1. The van der Waals surface area contributed by atoms with E-state index in [2.05, 4.69) is 10.2 Å². The number of ether oxygens (including phenoxy) is 2. The van der Waals surface area contributed by atoms with E-state index >= 15 is 0 Å². The molecule has 162 valence electrons. The Bertz CT molecular complexity index is 833. The third kappa shape index (κ3) is 7.55. The van der Waals surface area contributed by atoms with Crippen LogP contribution >= 0.6 is 34.8 Å². The lowest BCUT2D eigenvalue weighted by molar-refractivity contribution is -0.123. The summed E-state index contributed by atoms with van der Waals surface area (Å²) in [5, 5.41) is 4.62. The molecule has 1 aliphatic rings. The van der Waals surface area contributed by atoms with Crippen LogP contribution in [-0.4, -0.2) is 50.2 Å². The molecular weight excluding hydrogens is 447 g/mol. The van der Waals surface area contributed by atoms with Crippen LogP contribution in [0.3, 0.4) is 0 Å². The van der Waals surface area contributed by atoms with E-state index in [1.54, 1.807) is 36.4 Å². The van der Waals surface area contributed by atoms with Gasteiger partial charge in [0.2, 0.25) is 0 Å². The third-order valence-corrected chi connectivity index (χ3v) is 5.91. The molecule has 1 fully saturated rings. The predicted octanol–water partition coefficient (Wildman–Crippen LogP) is 4.93. The molecule has 1 aliphatic heterocycles. The maximum absolute atomic E-state index is 12.0. The average molecular weight is 472 g/mol. The van der Waals surface area contributed by atoms with Crippen molar-refractivity contribution < 1.29 is 14.3 Å². The first kappa shape index (κ1) is 23.0. The van der Waals surface area contributed by atoms with Crippen LogP contribution in [0.5, 0.6) is 11.5 Å². The van der Waals surface area contributed by atoms with E-state index in [-0.39, 0.29) is 12.5 Å². The maximum atomic E-state index is 12.0. The van der Waals surface area contributed by atoms with E-state index in [1.807, 2.05) is 6.07 Å². The second-order valence-corrected chi connectivity index (χ2v) is 8.53. The molecule has 0 aromatic heterocycles. The number of halogens is 3. The highest BCUT2D eigenvalue weighted by molar-refractivity contribution is 6.42. The van der Waals surface area contributed by atoms with Crippen molar-refractivity contribution in [1.29, 1.82) is 0 Å². The van der Waals surface area contributed by atoms with Crippen molar-refractivity contribution >= 4 is 40.7 Å². The Labute approximate surface area is 192 Å². The van der Waals surface area contributed by atoms with Crippen molar-refractivity contribution in [3.63, 3.8) is 0 Å². The second-order valence-electron chi connectivity index (χ2n) is 7.28. The largest absolute Gasteiger partial charge is 0.493 e. The van der Waals surface area contributed by atoms with Gasteiger partial charge in [0.05, 0.1) is 16.7 Å². The van der Waals surface area contributed by atoms with Crippen molar-refractivity contribution in [3.05, 3.63) is 57.5 Å². The van der Waals surface area contributed by atoms with Gasteiger partial charge in [-0.05, 0) is 61.7 Å². The Balaban J connectivity index is 1.26. The smallest absolute Gasteiger partial charge is 0.257 e. The zero-order valence-electron chi connectivity index (χ0n) is 16.6. The zero-order chi connectivity index (χ0) is 21.3. The summed E-state index contributed by atoms with van der Waals surface area (Å²) < 4.78 is 11.2. The molecule has 1 unspecified atom stereocenters. The van der Waals surface area contributed by atoms with E-state index in [0.29, 0.717) is 39.9 Å². The summed E-state index contributed by atoms with van der Waals surface area (Å²) in [6, 6.07) is 12.2. The number of likely N-dealkylation sites (tertiary alicyclic amines) is 1. The fraction of sp³-hybridized carbons (Fsp3) is 0.409. The number of nitrogens with one attached hydrogen (secondary N) is 1. The summed E-state index contributed by atoms with van der Waals surface area (Å²) in [7, 11) is 0. The molecule has 1 saturated heterocycles. The van der Waals surface area contributed by atoms with Crippen LogP contribution in [0.2, 0.25) is 15.1 Å². The Morgan fingerprint density at radius 1 is 1.03 bits per heavy atom. The van der Waals surface area contributed by atoms with Crippen molar-refractivity contribution in [2.75, 3.05) is 39.4 Å². The highest BCUT2D eigenvalue weighted by Gasteiger charge is 2.22. The minimum Gasteiger partial charge on any atom is -0.493 e. The van der Waals surface area contributed by atoms with Crippen molar-refractivity contribution in [2.45, 2.75) is 12.8 Å². The van der Waals surface area contributed by atoms with Gasteiger partial charge in [-0.2, -0.15) is 0 Å². The van der Waals surface area contributed by atoms with E-state index in [9.17, 15) is 4.79 Å². The minimum absolute atomic E-state index is 0.00409. The molecule has 0 spiro atoms. The number of benzene rings is 2. The molecule has 2 aromatic carbocycles. The quantitative estimate of drug-likeness (QED) is 0.499. The van der Waals surface area contributed by atoms with Gasteiger partial charge in [0, 0.05) is 30.7 Å². The third-order valence-electron chi connectivity index (χ3n) is 4.92. The number of carbonyl (C=O) groups excluding carboxylic acids is 1. The maximum Gasteiger partial charge on any atom is 0.257 e. The summed E-state index contributed by atoms with van der Waals surface area (Å²) in [5.41, 5.74) is 0. The van der Waals surface area contributed by atoms with E-state index in [0.717, 1.165) is 38.2 Å². The van der Waals surface area contributed by atoms with Gasteiger partial charge in [0.1, 0.15) is 11.5 Å². The van der Waals surface area contributed by atoms with E-state index < -0.39 is 0 Å². The standard InChI is InChI=1S/C22H25Cl3N2O3/c23-17-2-4-18(5-3-17)30-15-22(28)26-13-16-8-10-27(14-16)9-1-11-29-19-6-7-20(24)21(25)12-19/h2-7,12,16H,1,8-11,13-15H2,(H,26,28). The molecule has 1 atom stereocenters.